The van der Waals surface area contributed by atoms with Crippen molar-refractivity contribution < 1.29 is 9.53 Å². The number of allylic oxidation sites excluding steroid dienone is 1. The highest BCUT2D eigenvalue weighted by Gasteiger charge is 2.09. The molecule has 0 radical (unpaired) electrons. The minimum absolute atomic E-state index is 0.0915. The van der Waals surface area contributed by atoms with Gasteiger partial charge in [0.25, 0.3) is 0 Å². The number of pyridine rings is 1. The monoisotopic (exact) mass is 253 g/mol. The minimum Gasteiger partial charge on any atom is -0.496 e. The highest BCUT2D eigenvalue weighted by molar-refractivity contribution is 6.08. The van der Waals surface area contributed by atoms with Gasteiger partial charge in [0.2, 0.25) is 0 Å². The number of nitrogens with zero attached hydrogens (tertiary/aromatic N) is 1. The van der Waals surface area contributed by atoms with Crippen LogP contribution in [0.3, 0.4) is 0 Å². The Bertz CT molecular complexity index is 603. The van der Waals surface area contributed by atoms with E-state index in [9.17, 15) is 4.79 Å². The molecule has 96 valence electrons. The molecule has 0 bridgehead atoms. The van der Waals surface area contributed by atoms with E-state index in [-0.39, 0.29) is 5.78 Å². The summed E-state index contributed by atoms with van der Waals surface area (Å²) in [7, 11) is 1.56. The van der Waals surface area contributed by atoms with E-state index in [1.54, 1.807) is 25.4 Å². The van der Waals surface area contributed by atoms with Crippen LogP contribution < -0.4 is 4.74 Å². The van der Waals surface area contributed by atoms with Crippen LogP contribution >= 0.6 is 0 Å². The SMILES string of the molecule is COc1ccc(C)cc1C(=O)/C=C/c1ccccn1. The largest absolute Gasteiger partial charge is 0.496 e. The van der Waals surface area contributed by atoms with Gasteiger partial charge in [-0.15, -0.1) is 0 Å². The van der Waals surface area contributed by atoms with E-state index in [0.717, 1.165) is 11.3 Å². The average Bonchev–Trinajstić information content (AvgIpc) is 2.46. The zero-order valence-corrected chi connectivity index (χ0v) is 11.0. The molecule has 0 N–H and O–H groups in total. The van der Waals surface area contributed by atoms with Crippen molar-refractivity contribution in [3.05, 3.63) is 65.5 Å². The molecule has 1 aromatic heterocycles. The van der Waals surface area contributed by atoms with Crippen LogP contribution in [-0.2, 0) is 0 Å². The van der Waals surface area contributed by atoms with Crippen molar-refractivity contribution in [2.45, 2.75) is 6.92 Å². The van der Waals surface area contributed by atoms with Gasteiger partial charge in [-0.1, -0.05) is 17.7 Å². The van der Waals surface area contributed by atoms with E-state index in [2.05, 4.69) is 4.98 Å². The van der Waals surface area contributed by atoms with Gasteiger partial charge in [0.05, 0.1) is 18.4 Å². The maximum Gasteiger partial charge on any atom is 0.189 e. The lowest BCUT2D eigenvalue weighted by Gasteiger charge is -2.06. The second-order valence-corrected chi connectivity index (χ2v) is 4.16. The molecule has 0 spiro atoms. The molecule has 1 aromatic carbocycles. The van der Waals surface area contributed by atoms with E-state index < -0.39 is 0 Å². The molecule has 0 aliphatic carbocycles. The first-order valence-corrected chi connectivity index (χ1v) is 5.99. The smallest absolute Gasteiger partial charge is 0.189 e. The Labute approximate surface area is 112 Å². The van der Waals surface area contributed by atoms with Crippen molar-refractivity contribution in [3.8, 4) is 5.75 Å². The minimum atomic E-state index is -0.0915. The fourth-order valence-electron chi connectivity index (χ4n) is 1.74. The lowest BCUT2D eigenvalue weighted by Crippen LogP contribution is -1.99. The van der Waals surface area contributed by atoms with E-state index in [1.807, 2.05) is 37.3 Å². The van der Waals surface area contributed by atoms with Gasteiger partial charge in [0.1, 0.15) is 5.75 Å². The van der Waals surface area contributed by atoms with Crippen molar-refractivity contribution in [1.82, 2.24) is 4.98 Å². The van der Waals surface area contributed by atoms with Crippen LogP contribution in [0.25, 0.3) is 6.08 Å². The summed E-state index contributed by atoms with van der Waals surface area (Å²) in [5, 5.41) is 0. The molecule has 2 aromatic rings. The first kappa shape index (κ1) is 13.0. The molecule has 0 saturated heterocycles. The topological polar surface area (TPSA) is 39.2 Å². The summed E-state index contributed by atoms with van der Waals surface area (Å²) in [6.45, 7) is 1.94. The number of benzene rings is 1. The van der Waals surface area contributed by atoms with E-state index in [4.69, 9.17) is 4.74 Å². The highest BCUT2D eigenvalue weighted by atomic mass is 16.5. The number of hydrogen-bond donors (Lipinski definition) is 0. The van der Waals surface area contributed by atoms with Gasteiger partial charge in [-0.3, -0.25) is 9.78 Å². The standard InChI is InChI=1S/C16H15NO2/c1-12-6-9-16(19-2)14(11-12)15(18)8-7-13-5-3-4-10-17-13/h3-11H,1-2H3/b8-7+. The third-order valence-electron chi connectivity index (χ3n) is 2.71. The Morgan fingerprint density at radius 2 is 2.11 bits per heavy atom. The van der Waals surface area contributed by atoms with Gasteiger partial charge >= 0.3 is 0 Å². The summed E-state index contributed by atoms with van der Waals surface area (Å²) in [6.07, 6.45) is 4.90. The van der Waals surface area contributed by atoms with Crippen LogP contribution in [0.5, 0.6) is 5.75 Å². The molecule has 0 amide bonds. The number of carbonyl (C=O) groups is 1. The number of methoxy groups -OCH3 is 1. The summed E-state index contributed by atoms with van der Waals surface area (Å²) in [4.78, 5) is 16.3. The zero-order valence-electron chi connectivity index (χ0n) is 11.0. The van der Waals surface area contributed by atoms with Crippen molar-refractivity contribution in [2.75, 3.05) is 7.11 Å². The molecule has 0 aliphatic heterocycles. The van der Waals surface area contributed by atoms with Crippen molar-refractivity contribution >= 4 is 11.9 Å². The van der Waals surface area contributed by atoms with Crippen molar-refractivity contribution in [1.29, 1.82) is 0 Å². The maximum atomic E-state index is 12.2. The molecule has 0 unspecified atom stereocenters. The Kier molecular flexibility index (Phi) is 4.08. The third kappa shape index (κ3) is 3.28. The van der Waals surface area contributed by atoms with Gasteiger partial charge in [-0.05, 0) is 43.3 Å². The molecular formula is C16H15NO2. The number of hydrogen-bond acceptors (Lipinski definition) is 3. The number of carbonyl (C=O) groups excluding carboxylic acids is 1. The molecule has 19 heavy (non-hydrogen) atoms. The van der Waals surface area contributed by atoms with Gasteiger partial charge in [-0.2, -0.15) is 0 Å². The van der Waals surface area contributed by atoms with Gasteiger partial charge in [0, 0.05) is 6.20 Å². The molecule has 0 fully saturated rings. The first-order chi connectivity index (χ1) is 9.20. The molecule has 2 rings (SSSR count). The molecule has 1 heterocycles. The quantitative estimate of drug-likeness (QED) is 0.620. The molecule has 0 saturated carbocycles. The van der Waals surface area contributed by atoms with Crippen molar-refractivity contribution in [3.63, 3.8) is 0 Å². The lowest BCUT2D eigenvalue weighted by molar-refractivity contribution is 0.104. The van der Waals surface area contributed by atoms with E-state index >= 15 is 0 Å². The summed E-state index contributed by atoms with van der Waals surface area (Å²) in [5.74, 6) is 0.493. The summed E-state index contributed by atoms with van der Waals surface area (Å²) in [5.41, 5.74) is 2.34. The van der Waals surface area contributed by atoms with E-state index in [0.29, 0.717) is 11.3 Å². The second-order valence-electron chi connectivity index (χ2n) is 4.16. The van der Waals surface area contributed by atoms with Gasteiger partial charge < -0.3 is 4.74 Å². The number of aryl methyl sites for hydroxylation is 1. The van der Waals surface area contributed by atoms with Crippen LogP contribution in [0.15, 0.2) is 48.7 Å². The van der Waals surface area contributed by atoms with Gasteiger partial charge in [0.15, 0.2) is 5.78 Å². The number of rotatable bonds is 4. The number of ether oxygens (including phenoxy) is 1. The summed E-state index contributed by atoms with van der Waals surface area (Å²) >= 11 is 0. The Balaban J connectivity index is 2.25. The molecular weight excluding hydrogens is 238 g/mol. The van der Waals surface area contributed by atoms with Gasteiger partial charge in [-0.25, -0.2) is 0 Å². The third-order valence-corrected chi connectivity index (χ3v) is 2.71. The Morgan fingerprint density at radius 1 is 1.26 bits per heavy atom. The van der Waals surface area contributed by atoms with Crippen LogP contribution in [0.1, 0.15) is 21.6 Å². The predicted octanol–water partition coefficient (Wildman–Crippen LogP) is 3.29. The number of aromatic nitrogens is 1. The lowest BCUT2D eigenvalue weighted by atomic mass is 10.1. The second kappa shape index (κ2) is 5.96. The Hall–Kier alpha value is -2.42. The normalized spacial score (nSPS) is 10.6. The summed E-state index contributed by atoms with van der Waals surface area (Å²) < 4.78 is 5.20. The molecule has 3 heteroatoms. The average molecular weight is 253 g/mol. The maximum absolute atomic E-state index is 12.2. The first-order valence-electron chi connectivity index (χ1n) is 5.99. The zero-order chi connectivity index (χ0) is 13.7. The molecule has 0 atom stereocenters. The summed E-state index contributed by atoms with van der Waals surface area (Å²) in [6, 6.07) is 11.1. The van der Waals surface area contributed by atoms with Crippen LogP contribution in [0, 0.1) is 6.92 Å². The fraction of sp³-hybridized carbons (Fsp3) is 0.125. The predicted molar refractivity (Wildman–Crippen MR) is 75.3 cm³/mol. The van der Waals surface area contributed by atoms with Crippen molar-refractivity contribution in [2.24, 2.45) is 0 Å². The Morgan fingerprint density at radius 3 is 2.79 bits per heavy atom. The van der Waals surface area contributed by atoms with Crippen LogP contribution in [0.4, 0.5) is 0 Å². The molecule has 3 nitrogen and oxygen atoms in total. The van der Waals surface area contributed by atoms with Crippen LogP contribution in [0.2, 0.25) is 0 Å². The molecule has 0 aliphatic rings. The van der Waals surface area contributed by atoms with E-state index in [1.165, 1.54) is 6.08 Å². The fourth-order valence-corrected chi connectivity index (χ4v) is 1.74. The number of ketones is 1. The van der Waals surface area contributed by atoms with Crippen LogP contribution in [-0.4, -0.2) is 17.9 Å². The highest BCUT2D eigenvalue weighted by Crippen LogP contribution is 2.20.